The monoisotopic (exact) mass is 308 g/mol. The maximum Gasteiger partial charge on any atom is 0.0555 e. The fourth-order valence-electron chi connectivity index (χ4n) is 6.94. The molecule has 1 aromatic carbocycles. The molecule has 2 fully saturated rings. The topological polar surface area (TPSA) is 4.93 Å². The lowest BCUT2D eigenvalue weighted by Gasteiger charge is -2.62. The Balaban J connectivity index is 1.96. The van der Waals surface area contributed by atoms with E-state index in [1.807, 2.05) is 0 Å². The molecule has 4 rings (SSSR count). The molecule has 3 heterocycles. The van der Waals surface area contributed by atoms with Crippen molar-refractivity contribution in [1.82, 2.24) is 4.57 Å². The van der Waals surface area contributed by atoms with Crippen LogP contribution in [0.3, 0.4) is 0 Å². The van der Waals surface area contributed by atoms with Crippen LogP contribution in [0.5, 0.6) is 0 Å². The van der Waals surface area contributed by atoms with Crippen LogP contribution in [-0.2, 0) is 7.05 Å². The number of para-hydroxylation sites is 1. The van der Waals surface area contributed by atoms with E-state index in [4.69, 9.17) is 0 Å². The van der Waals surface area contributed by atoms with Gasteiger partial charge >= 0.3 is 0 Å². The lowest BCUT2D eigenvalue weighted by molar-refractivity contribution is 0.423. The van der Waals surface area contributed by atoms with E-state index in [1.165, 1.54) is 55.8 Å². The number of benzene rings is 1. The fraction of sp³-hybridized carbons (Fsp3) is 0.619. The molecule has 1 aromatic heterocycles. The third kappa shape index (κ3) is 2.06. The first-order valence-corrected chi connectivity index (χ1v) is 9.91. The van der Waals surface area contributed by atoms with Gasteiger partial charge in [0.2, 0.25) is 0 Å². The van der Waals surface area contributed by atoms with E-state index in [1.54, 1.807) is 5.59 Å². The minimum absolute atomic E-state index is 0.434. The van der Waals surface area contributed by atoms with Crippen molar-refractivity contribution >= 4 is 22.6 Å². The van der Waals surface area contributed by atoms with Crippen molar-refractivity contribution in [3.05, 3.63) is 30.3 Å². The number of aryl methyl sites for hydroxylation is 1. The second kappa shape index (κ2) is 5.72. The smallest absolute Gasteiger partial charge is 0.0555 e. The quantitative estimate of drug-likeness (QED) is 0.637. The first kappa shape index (κ1) is 15.4. The van der Waals surface area contributed by atoms with E-state index in [9.17, 15) is 0 Å². The minimum atomic E-state index is -0.434. The van der Waals surface area contributed by atoms with Crippen LogP contribution < -0.4 is 5.59 Å². The van der Waals surface area contributed by atoms with Crippen molar-refractivity contribution < 1.29 is 0 Å². The van der Waals surface area contributed by atoms with Gasteiger partial charge in [-0.05, 0) is 11.5 Å². The minimum Gasteiger partial charge on any atom is -0.386 e. The molecule has 2 aliphatic heterocycles. The Morgan fingerprint density at radius 2 is 1.70 bits per heavy atom. The first-order chi connectivity index (χ1) is 11.2. The Hall–Kier alpha value is -1.18. The maximum absolute atomic E-state index is 2.57. The molecule has 2 bridgehead atoms. The van der Waals surface area contributed by atoms with Gasteiger partial charge in [-0.15, -0.1) is 5.59 Å². The van der Waals surface area contributed by atoms with Crippen LogP contribution in [0.2, 0.25) is 17.5 Å². The highest BCUT2D eigenvalue weighted by molar-refractivity contribution is 6.95. The summed E-state index contributed by atoms with van der Waals surface area (Å²) < 4.78 is 2.57. The van der Waals surface area contributed by atoms with Crippen LogP contribution in [0.25, 0.3) is 10.9 Å². The molecule has 2 aliphatic rings. The Morgan fingerprint density at radius 1 is 1.09 bits per heavy atom. The molecule has 0 spiro atoms. The molecule has 2 aromatic rings. The summed E-state index contributed by atoms with van der Waals surface area (Å²) in [6, 6.07) is 11.6. The number of hydrogen-bond acceptors (Lipinski definition) is 0. The zero-order chi connectivity index (χ0) is 16.0. The average molecular weight is 308 g/mol. The predicted molar refractivity (Wildman–Crippen MR) is 103 cm³/mol. The molecule has 2 heteroatoms. The molecule has 1 atom stereocenters. The Labute approximate surface area is 141 Å². The standard InChI is InChI=1S/C21H31BN/c1-4-16(2)22(18-10-7-11-19(22)13-8-12-18)21-15-17-9-5-6-14-20(17)23(21)3/h5-6,9,14-16,18-19H,4,7-8,10-13H2,1-3H3/q-1. The van der Waals surface area contributed by atoms with E-state index >= 15 is 0 Å². The number of aromatic nitrogens is 1. The van der Waals surface area contributed by atoms with Gasteiger partial charge in [-0.1, -0.05) is 83.1 Å². The Bertz CT molecular complexity index is 679. The Kier molecular flexibility index (Phi) is 3.82. The van der Waals surface area contributed by atoms with E-state index in [0.29, 0.717) is 0 Å². The molecule has 124 valence electrons. The summed E-state index contributed by atoms with van der Waals surface area (Å²) in [5.74, 6) is 2.76. The van der Waals surface area contributed by atoms with Crippen LogP contribution in [0.1, 0.15) is 58.8 Å². The van der Waals surface area contributed by atoms with Crippen molar-refractivity contribution in [2.75, 3.05) is 0 Å². The summed E-state index contributed by atoms with van der Waals surface area (Å²) >= 11 is 0. The van der Waals surface area contributed by atoms with Gasteiger partial charge in [0.05, 0.1) is 6.15 Å². The van der Waals surface area contributed by atoms with Gasteiger partial charge in [0.15, 0.2) is 0 Å². The molecule has 23 heavy (non-hydrogen) atoms. The van der Waals surface area contributed by atoms with Gasteiger partial charge in [-0.2, -0.15) is 17.5 Å². The third-order valence-corrected chi connectivity index (χ3v) is 7.95. The van der Waals surface area contributed by atoms with Crippen molar-refractivity contribution in [2.24, 2.45) is 7.05 Å². The van der Waals surface area contributed by atoms with Crippen molar-refractivity contribution in [3.63, 3.8) is 0 Å². The second-order valence-corrected chi connectivity index (χ2v) is 8.53. The van der Waals surface area contributed by atoms with Crippen LogP contribution in [0, 0.1) is 0 Å². The molecular formula is C21H31BN-. The van der Waals surface area contributed by atoms with Crippen LogP contribution in [-0.4, -0.2) is 10.7 Å². The van der Waals surface area contributed by atoms with E-state index in [-0.39, 0.29) is 0 Å². The normalized spacial score (nSPS) is 32.1. The highest BCUT2D eigenvalue weighted by atomic mass is 14.9. The first-order valence-electron chi connectivity index (χ1n) is 9.91. The number of nitrogens with zero attached hydrogens (tertiary/aromatic N) is 1. The molecule has 2 saturated heterocycles. The second-order valence-electron chi connectivity index (χ2n) is 8.53. The largest absolute Gasteiger partial charge is 0.386 e. The molecule has 0 amide bonds. The number of fused-ring (bicyclic) bond motifs is 3. The molecule has 0 N–H and O–H groups in total. The lowest BCUT2D eigenvalue weighted by atomic mass is 9.04. The molecule has 0 aliphatic carbocycles. The van der Waals surface area contributed by atoms with Gasteiger partial charge in [-0.25, -0.2) is 0 Å². The maximum atomic E-state index is 2.57. The zero-order valence-electron chi connectivity index (χ0n) is 15.1. The summed E-state index contributed by atoms with van der Waals surface area (Å²) in [4.78, 5) is 0. The number of hydrogen-bond donors (Lipinski definition) is 0. The SMILES string of the molecule is CCC(C)[B-]1(c2cc3ccccc3n2C)C2CCCC1CCC2. The van der Waals surface area contributed by atoms with Gasteiger partial charge in [0.1, 0.15) is 0 Å². The zero-order valence-corrected chi connectivity index (χ0v) is 15.1. The van der Waals surface area contributed by atoms with Crippen molar-refractivity contribution in [1.29, 1.82) is 0 Å². The van der Waals surface area contributed by atoms with Gasteiger partial charge in [0.25, 0.3) is 0 Å². The lowest BCUT2D eigenvalue weighted by Crippen LogP contribution is -2.63. The van der Waals surface area contributed by atoms with Gasteiger partial charge < -0.3 is 4.57 Å². The Morgan fingerprint density at radius 3 is 2.26 bits per heavy atom. The molecule has 1 unspecified atom stereocenters. The summed E-state index contributed by atoms with van der Waals surface area (Å²) in [6.07, 6.45) is 9.73. The van der Waals surface area contributed by atoms with Crippen molar-refractivity contribution in [3.8, 4) is 0 Å². The molecular weight excluding hydrogens is 277 g/mol. The third-order valence-electron chi connectivity index (χ3n) is 7.95. The molecule has 1 nitrogen and oxygen atoms in total. The number of rotatable bonds is 3. The van der Waals surface area contributed by atoms with Gasteiger partial charge in [0, 0.05) is 12.6 Å². The highest BCUT2D eigenvalue weighted by Crippen LogP contribution is 2.57. The summed E-state index contributed by atoms with van der Waals surface area (Å²) in [5, 5.41) is 1.44. The average Bonchev–Trinajstić information content (AvgIpc) is 2.90. The summed E-state index contributed by atoms with van der Waals surface area (Å²) in [5.41, 5.74) is 3.13. The van der Waals surface area contributed by atoms with E-state index in [2.05, 4.69) is 55.8 Å². The van der Waals surface area contributed by atoms with E-state index in [0.717, 1.165) is 17.5 Å². The summed E-state index contributed by atoms with van der Waals surface area (Å²) in [7, 11) is 2.33. The highest BCUT2D eigenvalue weighted by Gasteiger charge is 2.48. The molecule has 0 radical (unpaired) electrons. The van der Waals surface area contributed by atoms with Crippen LogP contribution in [0.4, 0.5) is 0 Å². The summed E-state index contributed by atoms with van der Waals surface area (Å²) in [6.45, 7) is 4.98. The molecule has 0 saturated carbocycles. The fourth-order valence-corrected chi connectivity index (χ4v) is 6.94. The van der Waals surface area contributed by atoms with E-state index < -0.39 is 6.15 Å². The van der Waals surface area contributed by atoms with Crippen molar-refractivity contribution in [2.45, 2.75) is 76.2 Å². The van der Waals surface area contributed by atoms with Gasteiger partial charge in [-0.3, -0.25) is 0 Å². The predicted octanol–water partition coefficient (Wildman–Crippen LogP) is 5.74. The van der Waals surface area contributed by atoms with Crippen LogP contribution in [0.15, 0.2) is 30.3 Å². The van der Waals surface area contributed by atoms with Crippen LogP contribution >= 0.6 is 0 Å².